The Bertz CT molecular complexity index is 1520. The molecule has 0 radical (unpaired) electrons. The van der Waals surface area contributed by atoms with Crippen LogP contribution in [-0.4, -0.2) is 41.2 Å². The van der Waals surface area contributed by atoms with E-state index in [2.05, 4.69) is 4.98 Å². The number of aromatic nitrogens is 2. The molecule has 1 amide bonds. The van der Waals surface area contributed by atoms with Crippen molar-refractivity contribution in [1.82, 2.24) is 14.3 Å². The van der Waals surface area contributed by atoms with Crippen LogP contribution in [0.3, 0.4) is 0 Å². The number of fused-ring (bicyclic) bond motifs is 1. The summed E-state index contributed by atoms with van der Waals surface area (Å²) in [5, 5.41) is 1.09. The predicted octanol–water partition coefficient (Wildman–Crippen LogP) is 6.14. The highest BCUT2D eigenvalue weighted by Gasteiger charge is 2.41. The minimum absolute atomic E-state index is 0.135. The molecule has 1 saturated heterocycles. The SMILES string of the molecule is Cc1c(Cl)ccc2sc(N(Cc3cccnc3)C(=O)C3CCCCN3S(=O)(=O)c3ccc(Cl)s3)nc12. The summed E-state index contributed by atoms with van der Waals surface area (Å²) in [7, 11) is -3.89. The first kappa shape index (κ1) is 25.6. The molecule has 36 heavy (non-hydrogen) atoms. The number of hydrogen-bond donors (Lipinski definition) is 0. The highest BCUT2D eigenvalue weighted by molar-refractivity contribution is 7.91. The third kappa shape index (κ3) is 4.90. The minimum atomic E-state index is -3.89. The van der Waals surface area contributed by atoms with Gasteiger partial charge in [0.05, 0.1) is 21.1 Å². The van der Waals surface area contributed by atoms with E-state index in [1.807, 2.05) is 25.1 Å². The maximum absolute atomic E-state index is 14.1. The lowest BCUT2D eigenvalue weighted by atomic mass is 10.0. The van der Waals surface area contributed by atoms with Gasteiger partial charge in [0.2, 0.25) is 5.91 Å². The lowest BCUT2D eigenvalue weighted by Gasteiger charge is -2.35. The maximum Gasteiger partial charge on any atom is 0.253 e. The molecule has 1 aliphatic heterocycles. The van der Waals surface area contributed by atoms with E-state index in [1.165, 1.54) is 21.7 Å². The van der Waals surface area contributed by atoms with Gasteiger partial charge in [0.25, 0.3) is 10.0 Å². The Morgan fingerprint density at radius 2 is 2.00 bits per heavy atom. The molecular weight excluding hydrogens is 559 g/mol. The van der Waals surface area contributed by atoms with Gasteiger partial charge in [-0.15, -0.1) is 11.3 Å². The summed E-state index contributed by atoms with van der Waals surface area (Å²) in [5.41, 5.74) is 2.38. The molecule has 4 heterocycles. The number of rotatable bonds is 6. The number of thiazole rings is 1. The zero-order valence-electron chi connectivity index (χ0n) is 19.2. The van der Waals surface area contributed by atoms with Gasteiger partial charge in [-0.25, -0.2) is 13.4 Å². The van der Waals surface area contributed by atoms with Crippen LogP contribution in [0.5, 0.6) is 0 Å². The molecule has 5 rings (SSSR count). The number of halogens is 2. The van der Waals surface area contributed by atoms with Gasteiger partial charge in [-0.2, -0.15) is 4.31 Å². The van der Waals surface area contributed by atoms with Crippen LogP contribution in [-0.2, 0) is 21.4 Å². The third-order valence-corrected chi connectivity index (χ3v) is 11.2. The third-order valence-electron chi connectivity index (χ3n) is 6.15. The number of aryl methyl sites for hydroxylation is 1. The van der Waals surface area contributed by atoms with Gasteiger partial charge in [-0.1, -0.05) is 47.0 Å². The fourth-order valence-electron chi connectivity index (χ4n) is 4.29. The largest absolute Gasteiger partial charge is 0.282 e. The molecule has 188 valence electrons. The summed E-state index contributed by atoms with van der Waals surface area (Å²) in [6.07, 6.45) is 5.22. The highest BCUT2D eigenvalue weighted by atomic mass is 35.5. The first-order chi connectivity index (χ1) is 17.3. The number of sulfonamides is 1. The zero-order valence-corrected chi connectivity index (χ0v) is 23.2. The number of thiophene rings is 1. The molecule has 0 aliphatic carbocycles. The second kappa shape index (κ2) is 10.4. The average molecular weight is 582 g/mol. The topological polar surface area (TPSA) is 83.5 Å². The first-order valence-corrected chi connectivity index (χ1v) is 15.1. The Morgan fingerprint density at radius 3 is 2.72 bits per heavy atom. The van der Waals surface area contributed by atoms with Crippen LogP contribution in [0.1, 0.15) is 30.4 Å². The second-order valence-corrected chi connectivity index (χ2v) is 13.7. The quantitative estimate of drug-likeness (QED) is 0.273. The van der Waals surface area contributed by atoms with Gasteiger partial charge < -0.3 is 0 Å². The fraction of sp³-hybridized carbons (Fsp3) is 0.292. The van der Waals surface area contributed by atoms with E-state index in [-0.39, 0.29) is 23.2 Å². The average Bonchev–Trinajstić information content (AvgIpc) is 3.52. The maximum atomic E-state index is 14.1. The molecule has 1 fully saturated rings. The van der Waals surface area contributed by atoms with Crippen LogP contribution in [0.25, 0.3) is 10.2 Å². The molecule has 0 spiro atoms. The van der Waals surface area contributed by atoms with Crippen molar-refractivity contribution in [2.45, 2.75) is 43.0 Å². The van der Waals surface area contributed by atoms with Crippen LogP contribution in [0.15, 0.2) is 53.0 Å². The molecule has 3 aromatic heterocycles. The number of amides is 1. The van der Waals surface area contributed by atoms with Crippen molar-refractivity contribution >= 4 is 77.2 Å². The van der Waals surface area contributed by atoms with E-state index in [4.69, 9.17) is 28.2 Å². The molecule has 0 N–H and O–H groups in total. The highest BCUT2D eigenvalue weighted by Crippen LogP contribution is 2.37. The summed E-state index contributed by atoms with van der Waals surface area (Å²) >= 11 is 14.7. The monoisotopic (exact) mass is 580 g/mol. The molecule has 1 atom stereocenters. The van der Waals surface area contributed by atoms with Gasteiger partial charge in [-0.3, -0.25) is 14.7 Å². The Hall–Kier alpha value is -2.08. The number of carbonyl (C=O) groups excluding carboxylic acids is 1. The summed E-state index contributed by atoms with van der Waals surface area (Å²) in [6.45, 7) is 2.38. The molecule has 0 saturated carbocycles. The lowest BCUT2D eigenvalue weighted by molar-refractivity contribution is -0.123. The number of anilines is 1. The number of hydrogen-bond acceptors (Lipinski definition) is 7. The van der Waals surface area contributed by atoms with Crippen LogP contribution >= 0.6 is 45.9 Å². The van der Waals surface area contributed by atoms with Crippen LogP contribution in [0.4, 0.5) is 5.13 Å². The standard InChI is InChI=1S/C24H22Cl2N4O3S3/c1-15-17(25)7-8-19-22(15)28-24(34-19)29(14-16-5-4-11-27-13-16)23(31)18-6-2-3-12-30(18)36(32,33)21-10-9-20(26)35-21/h4-5,7-11,13,18H,2-3,6,12,14H2,1H3. The molecule has 0 bridgehead atoms. The number of piperidine rings is 1. The van der Waals surface area contributed by atoms with E-state index in [0.29, 0.717) is 27.3 Å². The van der Waals surface area contributed by atoms with Crippen LogP contribution in [0.2, 0.25) is 9.36 Å². The predicted molar refractivity (Wildman–Crippen MR) is 146 cm³/mol. The minimum Gasteiger partial charge on any atom is -0.282 e. The Balaban J connectivity index is 1.56. The van der Waals surface area contributed by atoms with Gasteiger partial charge in [0, 0.05) is 24.0 Å². The molecule has 4 aromatic rings. The van der Waals surface area contributed by atoms with Crippen molar-refractivity contribution in [3.05, 3.63) is 69.3 Å². The molecule has 1 unspecified atom stereocenters. The van der Waals surface area contributed by atoms with Crippen LogP contribution in [0, 0.1) is 6.92 Å². The number of pyridine rings is 1. The zero-order chi connectivity index (χ0) is 25.4. The summed E-state index contributed by atoms with van der Waals surface area (Å²) < 4.78 is 29.8. The first-order valence-electron chi connectivity index (χ1n) is 11.3. The Morgan fingerprint density at radius 1 is 1.17 bits per heavy atom. The summed E-state index contributed by atoms with van der Waals surface area (Å²) in [5.74, 6) is -0.312. The molecule has 7 nitrogen and oxygen atoms in total. The van der Waals surface area contributed by atoms with E-state index in [0.717, 1.165) is 39.1 Å². The van der Waals surface area contributed by atoms with E-state index in [9.17, 15) is 13.2 Å². The number of benzene rings is 1. The van der Waals surface area contributed by atoms with Gasteiger partial charge in [0.15, 0.2) is 5.13 Å². The normalized spacial score (nSPS) is 16.9. The summed E-state index contributed by atoms with van der Waals surface area (Å²) in [6, 6.07) is 9.59. The van der Waals surface area contributed by atoms with E-state index >= 15 is 0 Å². The van der Waals surface area contributed by atoms with Crippen molar-refractivity contribution in [3.8, 4) is 0 Å². The van der Waals surface area contributed by atoms with Crippen molar-refractivity contribution in [1.29, 1.82) is 0 Å². The van der Waals surface area contributed by atoms with Crippen LogP contribution < -0.4 is 4.90 Å². The molecule has 1 aromatic carbocycles. The van der Waals surface area contributed by atoms with Gasteiger partial charge in [-0.05, 0) is 61.2 Å². The van der Waals surface area contributed by atoms with Gasteiger partial charge in [0.1, 0.15) is 10.3 Å². The Labute approximate surface area is 227 Å². The molecule has 12 heteroatoms. The molecular formula is C24H22Cl2N4O3S3. The smallest absolute Gasteiger partial charge is 0.253 e. The fourth-order valence-corrected chi connectivity index (χ4v) is 8.73. The second-order valence-electron chi connectivity index (χ2n) is 8.49. The van der Waals surface area contributed by atoms with E-state index in [1.54, 1.807) is 29.4 Å². The van der Waals surface area contributed by atoms with Crippen molar-refractivity contribution in [3.63, 3.8) is 0 Å². The van der Waals surface area contributed by atoms with E-state index < -0.39 is 16.1 Å². The van der Waals surface area contributed by atoms with Crippen molar-refractivity contribution in [2.75, 3.05) is 11.4 Å². The van der Waals surface area contributed by atoms with Crippen molar-refractivity contribution < 1.29 is 13.2 Å². The Kier molecular flexibility index (Phi) is 7.35. The van der Waals surface area contributed by atoms with Gasteiger partial charge >= 0.3 is 0 Å². The summed E-state index contributed by atoms with van der Waals surface area (Å²) in [4.78, 5) is 24.7. The number of nitrogens with zero attached hydrogens (tertiary/aromatic N) is 4. The number of carbonyl (C=O) groups is 1. The molecule has 1 aliphatic rings. The lowest BCUT2D eigenvalue weighted by Crippen LogP contribution is -2.52. The van der Waals surface area contributed by atoms with Crippen molar-refractivity contribution in [2.24, 2.45) is 0 Å².